The Morgan fingerprint density at radius 2 is 1.06 bits per heavy atom. The molecule has 98 valence electrons. The van der Waals surface area contributed by atoms with Crippen molar-refractivity contribution in [1.82, 2.24) is 0 Å². The van der Waals surface area contributed by atoms with E-state index in [1.807, 2.05) is 0 Å². The lowest BCUT2D eigenvalue weighted by atomic mass is 11.2. The number of carbonyl (C=O) groups excluding carboxylic acids is 3. The maximum absolute atomic E-state index is 10.5. The molecule has 0 spiro atoms. The van der Waals surface area contributed by atoms with Crippen LogP contribution in [0.25, 0.3) is 0 Å². The van der Waals surface area contributed by atoms with Crippen LogP contribution in [0.3, 0.4) is 0 Å². The molecule has 0 saturated heterocycles. The van der Waals surface area contributed by atoms with Crippen LogP contribution >= 0.6 is 0 Å². The summed E-state index contributed by atoms with van der Waals surface area (Å²) in [5, 5.41) is 0. The van der Waals surface area contributed by atoms with E-state index in [4.69, 9.17) is 17.2 Å². The molecule has 0 radical (unpaired) electrons. The number of hydrogen-bond acceptors (Lipinski definition) is 6. The molecular weight excluding hydrogens is 250 g/mol. The quantitative estimate of drug-likeness (QED) is 0.411. The van der Waals surface area contributed by atoms with Crippen LogP contribution in [0.5, 0.6) is 0 Å². The maximum atomic E-state index is 10.5. The Morgan fingerprint density at radius 3 is 1.24 bits per heavy atom. The summed E-state index contributed by atoms with van der Waals surface area (Å²) in [6, 6.07) is 0. The summed E-state index contributed by atoms with van der Waals surface area (Å²) >= 11 is 0. The average Bonchev–Trinajstić information content (AvgIpc) is 2.21. The van der Waals surface area contributed by atoms with Gasteiger partial charge in [-0.1, -0.05) is 6.55 Å². The summed E-state index contributed by atoms with van der Waals surface area (Å²) in [5.41, 5.74) is 14.4. The number of primary amides is 3. The smallest absolute Gasteiger partial charge is 0.404 e. The van der Waals surface area contributed by atoms with Gasteiger partial charge in [-0.3, -0.25) is 0 Å². The normalized spacial score (nSPS) is 10.4. The molecular formula is C7H15N3O6Si. The second-order valence-corrected chi connectivity index (χ2v) is 8.12. The van der Waals surface area contributed by atoms with Crippen molar-refractivity contribution in [3.8, 4) is 0 Å². The Kier molecular flexibility index (Phi) is 5.81. The third-order valence-electron chi connectivity index (χ3n) is 1.69. The van der Waals surface area contributed by atoms with Gasteiger partial charge in [0.2, 0.25) is 0 Å². The molecule has 0 aliphatic rings. The van der Waals surface area contributed by atoms with Gasteiger partial charge in [0.1, 0.15) is 0 Å². The first-order valence-corrected chi connectivity index (χ1v) is 7.64. The lowest BCUT2D eigenvalue weighted by Crippen LogP contribution is -2.50. The first kappa shape index (κ1) is 15.0. The number of hydrogen-bond donors (Lipinski definition) is 3. The zero-order valence-corrected chi connectivity index (χ0v) is 10.3. The molecule has 0 heterocycles. The van der Waals surface area contributed by atoms with Crippen molar-refractivity contribution in [2.75, 3.05) is 18.7 Å². The fourth-order valence-corrected chi connectivity index (χ4v) is 2.58. The van der Waals surface area contributed by atoms with Crippen molar-refractivity contribution < 1.29 is 28.6 Å². The van der Waals surface area contributed by atoms with Gasteiger partial charge in [0.15, 0.2) is 8.07 Å². The van der Waals surface area contributed by atoms with E-state index in [2.05, 4.69) is 14.2 Å². The summed E-state index contributed by atoms with van der Waals surface area (Å²) in [6.45, 7) is 1.67. The molecule has 0 saturated carbocycles. The van der Waals surface area contributed by atoms with E-state index in [-0.39, 0.29) is 18.7 Å². The summed E-state index contributed by atoms with van der Waals surface area (Å²) in [4.78, 5) is 31.4. The Hall–Kier alpha value is -1.97. The van der Waals surface area contributed by atoms with Crippen LogP contribution in [0.2, 0.25) is 6.55 Å². The van der Waals surface area contributed by atoms with Gasteiger partial charge in [-0.2, -0.15) is 0 Å². The maximum Gasteiger partial charge on any atom is 0.404 e. The van der Waals surface area contributed by atoms with Gasteiger partial charge in [0.25, 0.3) is 0 Å². The Morgan fingerprint density at radius 1 is 0.824 bits per heavy atom. The predicted octanol–water partition coefficient (Wildman–Crippen LogP) is -1.03. The highest BCUT2D eigenvalue weighted by Crippen LogP contribution is 2.06. The minimum Gasteiger partial charge on any atom is -0.453 e. The number of carbonyl (C=O) groups is 3. The number of amides is 3. The third-order valence-corrected chi connectivity index (χ3v) is 4.21. The monoisotopic (exact) mass is 265 g/mol. The zero-order valence-electron chi connectivity index (χ0n) is 9.30. The fraction of sp³-hybridized carbons (Fsp3) is 0.571. The summed E-state index contributed by atoms with van der Waals surface area (Å²) < 4.78 is 13.8. The van der Waals surface area contributed by atoms with Crippen molar-refractivity contribution >= 4 is 26.4 Å². The molecule has 0 unspecified atom stereocenters. The van der Waals surface area contributed by atoms with E-state index >= 15 is 0 Å². The van der Waals surface area contributed by atoms with Crippen LogP contribution in [-0.4, -0.2) is 45.0 Å². The fourth-order valence-electron chi connectivity index (χ4n) is 0.861. The van der Waals surface area contributed by atoms with E-state index in [9.17, 15) is 14.4 Å². The minimum absolute atomic E-state index is 0.0805. The van der Waals surface area contributed by atoms with Crippen molar-refractivity contribution in [2.45, 2.75) is 6.55 Å². The molecule has 0 aromatic heterocycles. The first-order valence-electron chi connectivity index (χ1n) is 4.52. The van der Waals surface area contributed by atoms with Crippen molar-refractivity contribution in [1.29, 1.82) is 0 Å². The van der Waals surface area contributed by atoms with Crippen LogP contribution in [0, 0.1) is 0 Å². The van der Waals surface area contributed by atoms with Crippen molar-refractivity contribution in [2.24, 2.45) is 17.2 Å². The molecule has 0 fully saturated rings. The van der Waals surface area contributed by atoms with Crippen LogP contribution in [-0.2, 0) is 14.2 Å². The molecule has 6 N–H and O–H groups in total. The second kappa shape index (κ2) is 6.58. The number of nitrogens with two attached hydrogens (primary N) is 3. The summed E-state index contributed by atoms with van der Waals surface area (Å²) in [6.07, 6.45) is -3.15. The molecule has 0 aliphatic heterocycles. The molecule has 0 bridgehead atoms. The highest BCUT2D eigenvalue weighted by Gasteiger charge is 2.33. The number of ether oxygens (including phenoxy) is 3. The average molecular weight is 265 g/mol. The molecule has 3 amide bonds. The molecule has 0 aromatic rings. The van der Waals surface area contributed by atoms with Crippen molar-refractivity contribution in [3.05, 3.63) is 0 Å². The van der Waals surface area contributed by atoms with E-state index in [0.29, 0.717) is 0 Å². The largest absolute Gasteiger partial charge is 0.453 e. The molecule has 0 atom stereocenters. The van der Waals surface area contributed by atoms with E-state index in [0.717, 1.165) is 0 Å². The first-order chi connectivity index (χ1) is 7.75. The van der Waals surface area contributed by atoms with Gasteiger partial charge in [-0.25, -0.2) is 14.4 Å². The lowest BCUT2D eigenvalue weighted by molar-refractivity contribution is 0.154. The highest BCUT2D eigenvalue weighted by atomic mass is 28.3. The molecule has 10 heteroatoms. The van der Waals surface area contributed by atoms with Gasteiger partial charge in [-0.15, -0.1) is 0 Å². The van der Waals surface area contributed by atoms with Crippen LogP contribution < -0.4 is 17.2 Å². The number of rotatable bonds is 6. The molecule has 0 aromatic carbocycles. The van der Waals surface area contributed by atoms with Crippen LogP contribution in [0.4, 0.5) is 14.4 Å². The van der Waals surface area contributed by atoms with Crippen LogP contribution in [0.1, 0.15) is 0 Å². The Bertz CT molecular complexity index is 264. The zero-order chi connectivity index (χ0) is 13.5. The van der Waals surface area contributed by atoms with Crippen molar-refractivity contribution in [3.63, 3.8) is 0 Å². The van der Waals surface area contributed by atoms with E-state index in [1.54, 1.807) is 6.55 Å². The predicted molar refractivity (Wildman–Crippen MR) is 58.2 cm³/mol. The second-order valence-electron chi connectivity index (χ2n) is 3.63. The van der Waals surface area contributed by atoms with Gasteiger partial charge in [-0.05, 0) is 0 Å². The summed E-state index contributed by atoms with van der Waals surface area (Å²) in [7, 11) is -2.51. The van der Waals surface area contributed by atoms with Gasteiger partial charge < -0.3 is 31.4 Å². The Balaban J connectivity index is 4.37. The summed E-state index contributed by atoms with van der Waals surface area (Å²) in [5.74, 6) is 0. The van der Waals surface area contributed by atoms with E-state index < -0.39 is 26.4 Å². The molecule has 9 nitrogen and oxygen atoms in total. The van der Waals surface area contributed by atoms with Crippen LogP contribution in [0.15, 0.2) is 0 Å². The lowest BCUT2D eigenvalue weighted by Gasteiger charge is -2.24. The minimum atomic E-state index is -2.51. The highest BCUT2D eigenvalue weighted by molar-refractivity contribution is 6.78. The van der Waals surface area contributed by atoms with Gasteiger partial charge in [0, 0.05) is 0 Å². The molecule has 17 heavy (non-hydrogen) atoms. The van der Waals surface area contributed by atoms with E-state index in [1.165, 1.54) is 0 Å². The standard InChI is InChI=1S/C7H15N3O6Si/c1-17(2-14-5(8)11,3-15-6(9)12)4-16-7(10)13/h2-4H2,1H3,(H2,8,11)(H2,9,12)(H2,10,13). The van der Waals surface area contributed by atoms with Gasteiger partial charge in [0.05, 0.1) is 18.7 Å². The topological polar surface area (TPSA) is 157 Å². The SMILES string of the molecule is C[Si](COC(N)=O)(COC(N)=O)COC(N)=O. The third kappa shape index (κ3) is 7.90. The molecule has 0 aliphatic carbocycles. The molecule has 0 rings (SSSR count). The van der Waals surface area contributed by atoms with Gasteiger partial charge >= 0.3 is 18.3 Å². The Labute approximate surface area is 98.2 Å².